The molecule has 0 saturated heterocycles. The molecule has 0 saturated carbocycles. The van der Waals surface area contributed by atoms with Crippen molar-refractivity contribution < 1.29 is 19.0 Å². The molecule has 0 unspecified atom stereocenters. The summed E-state index contributed by atoms with van der Waals surface area (Å²) >= 11 is 0. The van der Waals surface area contributed by atoms with Crippen molar-refractivity contribution in [1.29, 1.82) is 0 Å². The smallest absolute Gasteiger partial charge is 0.228 e. The molecule has 0 bridgehead atoms. The minimum absolute atomic E-state index is 0.108. The van der Waals surface area contributed by atoms with Crippen molar-refractivity contribution >= 4 is 22.5 Å². The highest BCUT2D eigenvalue weighted by Crippen LogP contribution is 2.40. The van der Waals surface area contributed by atoms with Crippen LogP contribution in [0.4, 0.5) is 5.69 Å². The summed E-state index contributed by atoms with van der Waals surface area (Å²) in [6.45, 7) is 2.03. The molecule has 1 aromatic heterocycles. The summed E-state index contributed by atoms with van der Waals surface area (Å²) in [6.07, 6.45) is 0.282. The summed E-state index contributed by atoms with van der Waals surface area (Å²) in [5.41, 5.74) is 3.81. The number of hydrogen-bond acceptors (Lipinski definition) is 4. The summed E-state index contributed by atoms with van der Waals surface area (Å²) in [5, 5.41) is 4.02. The first kappa shape index (κ1) is 18.6. The Balaban J connectivity index is 1.88. The summed E-state index contributed by atoms with van der Waals surface area (Å²) < 4.78 is 18.1. The number of nitrogens with zero attached hydrogens (tertiary/aromatic N) is 1. The summed E-state index contributed by atoms with van der Waals surface area (Å²) in [7, 11) is 6.64. The van der Waals surface area contributed by atoms with Gasteiger partial charge in [-0.2, -0.15) is 0 Å². The normalized spacial score (nSPS) is 10.7. The maximum Gasteiger partial charge on any atom is 0.228 e. The minimum Gasteiger partial charge on any atom is -0.493 e. The zero-order valence-electron chi connectivity index (χ0n) is 16.3. The van der Waals surface area contributed by atoms with Gasteiger partial charge in [-0.05, 0) is 18.6 Å². The molecule has 0 aliphatic heterocycles. The van der Waals surface area contributed by atoms with Gasteiger partial charge in [0.05, 0.1) is 27.8 Å². The van der Waals surface area contributed by atoms with E-state index in [1.54, 1.807) is 33.5 Å². The van der Waals surface area contributed by atoms with Crippen LogP contribution in [0.1, 0.15) is 11.3 Å². The highest BCUT2D eigenvalue weighted by Gasteiger charge is 2.17. The Labute approximate surface area is 158 Å². The van der Waals surface area contributed by atoms with Gasteiger partial charge in [-0.25, -0.2) is 0 Å². The fraction of sp³-hybridized carbons (Fsp3) is 0.286. The highest BCUT2D eigenvalue weighted by molar-refractivity contribution is 5.97. The first-order valence-electron chi connectivity index (χ1n) is 8.62. The molecule has 1 N–H and O–H groups in total. The van der Waals surface area contributed by atoms with Gasteiger partial charge in [-0.15, -0.1) is 0 Å². The average Bonchev–Trinajstić information content (AvgIpc) is 2.92. The SMILES string of the molecule is COc1cc(NC(=O)Cc2c(C)n(C)c3ccccc23)cc(OC)c1OC. The van der Waals surface area contributed by atoms with Gasteiger partial charge in [-0.1, -0.05) is 18.2 Å². The third-order valence-corrected chi connectivity index (χ3v) is 4.82. The molecule has 0 aliphatic carbocycles. The predicted molar refractivity (Wildman–Crippen MR) is 106 cm³/mol. The molecular formula is C21H24N2O4. The Hall–Kier alpha value is -3.15. The second-order valence-corrected chi connectivity index (χ2v) is 6.28. The van der Waals surface area contributed by atoms with E-state index in [4.69, 9.17) is 14.2 Å². The molecule has 0 fully saturated rings. The lowest BCUT2D eigenvalue weighted by molar-refractivity contribution is -0.115. The number of para-hydroxylation sites is 1. The fourth-order valence-corrected chi connectivity index (χ4v) is 3.34. The van der Waals surface area contributed by atoms with E-state index in [0.29, 0.717) is 22.9 Å². The molecule has 6 nitrogen and oxygen atoms in total. The largest absolute Gasteiger partial charge is 0.493 e. The lowest BCUT2D eigenvalue weighted by Gasteiger charge is -2.14. The van der Waals surface area contributed by atoms with Gasteiger partial charge in [0.2, 0.25) is 11.7 Å². The fourth-order valence-electron chi connectivity index (χ4n) is 3.34. The Morgan fingerprint density at radius 3 is 2.26 bits per heavy atom. The number of benzene rings is 2. The third-order valence-electron chi connectivity index (χ3n) is 4.82. The number of methoxy groups -OCH3 is 3. The van der Waals surface area contributed by atoms with Gasteiger partial charge < -0.3 is 24.1 Å². The summed E-state index contributed by atoms with van der Waals surface area (Å²) in [4.78, 5) is 12.7. The van der Waals surface area contributed by atoms with E-state index in [-0.39, 0.29) is 12.3 Å². The molecule has 3 aromatic rings. The number of nitrogens with one attached hydrogen (secondary N) is 1. The summed E-state index contributed by atoms with van der Waals surface area (Å²) in [5.74, 6) is 1.37. The van der Waals surface area contributed by atoms with Gasteiger partial charge in [-0.3, -0.25) is 4.79 Å². The third kappa shape index (κ3) is 3.43. The van der Waals surface area contributed by atoms with Crippen molar-refractivity contribution in [2.45, 2.75) is 13.3 Å². The predicted octanol–water partition coefficient (Wildman–Crippen LogP) is 3.69. The van der Waals surface area contributed by atoms with E-state index in [9.17, 15) is 4.79 Å². The van der Waals surface area contributed by atoms with Crippen molar-refractivity contribution in [1.82, 2.24) is 4.57 Å². The number of aromatic nitrogens is 1. The molecule has 2 aromatic carbocycles. The van der Waals surface area contributed by atoms with E-state index < -0.39 is 0 Å². The van der Waals surface area contributed by atoms with Gasteiger partial charge >= 0.3 is 0 Å². The van der Waals surface area contributed by atoms with Crippen molar-refractivity contribution in [3.05, 3.63) is 47.7 Å². The van der Waals surface area contributed by atoms with E-state index in [2.05, 4.69) is 16.0 Å². The second-order valence-electron chi connectivity index (χ2n) is 6.28. The van der Waals surface area contributed by atoms with E-state index in [0.717, 1.165) is 22.2 Å². The van der Waals surface area contributed by atoms with Crippen molar-refractivity contribution in [2.75, 3.05) is 26.6 Å². The maximum atomic E-state index is 12.7. The van der Waals surface area contributed by atoms with E-state index >= 15 is 0 Å². The van der Waals surface area contributed by atoms with Crippen LogP contribution < -0.4 is 19.5 Å². The average molecular weight is 368 g/mol. The van der Waals surface area contributed by atoms with Crippen LogP contribution in [-0.4, -0.2) is 31.8 Å². The number of hydrogen-bond donors (Lipinski definition) is 1. The monoisotopic (exact) mass is 368 g/mol. The Morgan fingerprint density at radius 1 is 1.04 bits per heavy atom. The number of carbonyl (C=O) groups is 1. The van der Waals surface area contributed by atoms with Crippen LogP contribution >= 0.6 is 0 Å². The second kappa shape index (κ2) is 7.61. The number of rotatable bonds is 6. The Morgan fingerprint density at radius 2 is 1.67 bits per heavy atom. The first-order valence-corrected chi connectivity index (χ1v) is 8.62. The number of fused-ring (bicyclic) bond motifs is 1. The quantitative estimate of drug-likeness (QED) is 0.721. The van der Waals surface area contributed by atoms with Crippen LogP contribution in [0.25, 0.3) is 10.9 Å². The molecule has 0 aliphatic rings. The van der Waals surface area contributed by atoms with Gasteiger partial charge in [0.25, 0.3) is 0 Å². The minimum atomic E-state index is -0.108. The Kier molecular flexibility index (Phi) is 5.26. The molecular weight excluding hydrogens is 344 g/mol. The first-order chi connectivity index (χ1) is 13.0. The molecule has 1 amide bonds. The van der Waals surface area contributed by atoms with Crippen molar-refractivity contribution in [3.63, 3.8) is 0 Å². The van der Waals surface area contributed by atoms with E-state index in [1.807, 2.05) is 32.2 Å². The van der Waals surface area contributed by atoms with Crippen LogP contribution in [-0.2, 0) is 18.3 Å². The van der Waals surface area contributed by atoms with Crippen LogP contribution in [0.3, 0.4) is 0 Å². The molecule has 142 valence electrons. The standard InChI is InChI=1S/C21H24N2O4/c1-13-16(15-8-6-7-9-17(15)23(13)2)12-20(24)22-14-10-18(25-3)21(27-5)19(11-14)26-4/h6-11H,12H2,1-5H3,(H,22,24). The lowest BCUT2D eigenvalue weighted by Crippen LogP contribution is -2.15. The van der Waals surface area contributed by atoms with E-state index in [1.165, 1.54) is 0 Å². The van der Waals surface area contributed by atoms with Crippen LogP contribution in [0, 0.1) is 6.92 Å². The number of carbonyl (C=O) groups excluding carboxylic acids is 1. The molecule has 3 rings (SSSR count). The molecule has 0 atom stereocenters. The van der Waals surface area contributed by atoms with Gasteiger partial charge in [0.1, 0.15) is 0 Å². The zero-order chi connectivity index (χ0) is 19.6. The van der Waals surface area contributed by atoms with Crippen molar-refractivity contribution in [2.24, 2.45) is 7.05 Å². The molecule has 27 heavy (non-hydrogen) atoms. The van der Waals surface area contributed by atoms with Crippen LogP contribution in [0.15, 0.2) is 36.4 Å². The Bertz CT molecular complexity index is 966. The number of anilines is 1. The number of amides is 1. The molecule has 1 heterocycles. The number of aryl methyl sites for hydroxylation is 1. The maximum absolute atomic E-state index is 12.7. The number of ether oxygens (including phenoxy) is 3. The van der Waals surface area contributed by atoms with Gasteiger partial charge in [0, 0.05) is 41.5 Å². The highest BCUT2D eigenvalue weighted by atomic mass is 16.5. The van der Waals surface area contributed by atoms with Crippen LogP contribution in [0.5, 0.6) is 17.2 Å². The lowest BCUT2D eigenvalue weighted by atomic mass is 10.1. The molecule has 0 radical (unpaired) electrons. The zero-order valence-corrected chi connectivity index (χ0v) is 16.3. The molecule has 0 spiro atoms. The summed E-state index contributed by atoms with van der Waals surface area (Å²) in [6, 6.07) is 11.5. The topological polar surface area (TPSA) is 61.7 Å². The van der Waals surface area contributed by atoms with Crippen molar-refractivity contribution in [3.8, 4) is 17.2 Å². The van der Waals surface area contributed by atoms with Crippen LogP contribution in [0.2, 0.25) is 0 Å². The van der Waals surface area contributed by atoms with Gasteiger partial charge in [0.15, 0.2) is 11.5 Å². The molecule has 6 heteroatoms.